The quantitative estimate of drug-likeness (QED) is 0.189. The molecular weight excluding hydrogens is 372 g/mol. The molecule has 2 fully saturated rings. The van der Waals surface area contributed by atoms with Gasteiger partial charge >= 0.3 is 0 Å². The number of unbranched alkanes of at least 4 members (excludes halogenated alkanes) is 13. The summed E-state index contributed by atoms with van der Waals surface area (Å²) in [5.74, 6) is 4.39. The van der Waals surface area contributed by atoms with Crippen LogP contribution in [-0.4, -0.2) is 0 Å². The first kappa shape index (κ1) is 27.2. The summed E-state index contributed by atoms with van der Waals surface area (Å²) in [6, 6.07) is 0. The Balaban J connectivity index is 1.42. The van der Waals surface area contributed by atoms with Crippen molar-refractivity contribution in [3.63, 3.8) is 0 Å². The van der Waals surface area contributed by atoms with E-state index in [1.54, 1.807) is 64.2 Å². The fourth-order valence-corrected chi connectivity index (χ4v) is 6.85. The zero-order valence-electron chi connectivity index (χ0n) is 22.0. The Morgan fingerprint density at radius 1 is 0.355 bits per heavy atom. The standard InChI is InChI=1S/C31H60/c1-3-5-7-9-11-13-15-17-19-29-22-26-31(27-23-29)30-24-20-28(21-25-30)18-16-14-12-10-8-6-4-2/h28-31H,3-27H2,1-2H3/t28-,29-,30-,31-. The molecule has 0 heterocycles. The molecule has 0 atom stereocenters. The van der Waals surface area contributed by atoms with Crippen molar-refractivity contribution in [1.82, 2.24) is 0 Å². The first-order chi connectivity index (χ1) is 15.3. The van der Waals surface area contributed by atoms with Gasteiger partial charge in [0.05, 0.1) is 0 Å². The number of hydrogen-bond acceptors (Lipinski definition) is 0. The second-order valence-corrected chi connectivity index (χ2v) is 11.7. The van der Waals surface area contributed by atoms with E-state index < -0.39 is 0 Å². The van der Waals surface area contributed by atoms with Gasteiger partial charge in [0.1, 0.15) is 0 Å². The van der Waals surface area contributed by atoms with Gasteiger partial charge in [0.25, 0.3) is 0 Å². The molecule has 0 aromatic heterocycles. The molecule has 0 radical (unpaired) electrons. The third kappa shape index (κ3) is 12.7. The molecular formula is C31H60. The highest BCUT2D eigenvalue weighted by Gasteiger charge is 2.30. The van der Waals surface area contributed by atoms with E-state index in [4.69, 9.17) is 0 Å². The van der Waals surface area contributed by atoms with Crippen LogP contribution in [-0.2, 0) is 0 Å². The van der Waals surface area contributed by atoms with E-state index in [0.717, 1.165) is 23.7 Å². The van der Waals surface area contributed by atoms with E-state index in [9.17, 15) is 0 Å². The summed E-state index contributed by atoms with van der Waals surface area (Å²) in [6.07, 6.45) is 37.8. The molecule has 0 N–H and O–H groups in total. The molecule has 0 nitrogen and oxygen atoms in total. The van der Waals surface area contributed by atoms with Crippen molar-refractivity contribution in [1.29, 1.82) is 0 Å². The summed E-state index contributed by atoms with van der Waals surface area (Å²) in [4.78, 5) is 0. The number of hydrogen-bond donors (Lipinski definition) is 0. The van der Waals surface area contributed by atoms with Gasteiger partial charge in [-0.2, -0.15) is 0 Å². The first-order valence-electron chi connectivity index (χ1n) is 15.3. The highest BCUT2D eigenvalue weighted by atomic mass is 14.4. The molecule has 0 heteroatoms. The van der Waals surface area contributed by atoms with Crippen molar-refractivity contribution in [2.45, 2.75) is 174 Å². The molecule has 0 spiro atoms. The Bertz CT molecular complexity index is 369. The van der Waals surface area contributed by atoms with Crippen molar-refractivity contribution in [2.75, 3.05) is 0 Å². The third-order valence-electron chi connectivity index (χ3n) is 9.13. The van der Waals surface area contributed by atoms with Crippen LogP contribution in [0.4, 0.5) is 0 Å². The summed E-state index contributed by atoms with van der Waals surface area (Å²) < 4.78 is 0. The van der Waals surface area contributed by atoms with E-state index in [1.165, 1.54) is 96.3 Å². The van der Waals surface area contributed by atoms with Crippen LogP contribution < -0.4 is 0 Å². The predicted molar refractivity (Wildman–Crippen MR) is 141 cm³/mol. The van der Waals surface area contributed by atoms with Crippen molar-refractivity contribution >= 4 is 0 Å². The molecule has 2 saturated carbocycles. The van der Waals surface area contributed by atoms with Gasteiger partial charge in [0.2, 0.25) is 0 Å². The van der Waals surface area contributed by atoms with Gasteiger partial charge in [0.15, 0.2) is 0 Å². The zero-order valence-corrected chi connectivity index (χ0v) is 22.0. The minimum absolute atomic E-state index is 1.09. The molecule has 2 aliphatic carbocycles. The lowest BCUT2D eigenvalue weighted by atomic mass is 9.68. The Morgan fingerprint density at radius 2 is 0.645 bits per heavy atom. The summed E-state index contributed by atoms with van der Waals surface area (Å²) >= 11 is 0. The second kappa shape index (κ2) is 18.4. The van der Waals surface area contributed by atoms with Gasteiger partial charge < -0.3 is 0 Å². The third-order valence-corrected chi connectivity index (χ3v) is 9.13. The first-order valence-corrected chi connectivity index (χ1v) is 15.3. The molecule has 0 bridgehead atoms. The van der Waals surface area contributed by atoms with Gasteiger partial charge in [-0.05, 0) is 49.4 Å². The van der Waals surface area contributed by atoms with Crippen molar-refractivity contribution in [3.8, 4) is 0 Å². The highest BCUT2D eigenvalue weighted by Crippen LogP contribution is 2.43. The van der Waals surface area contributed by atoms with E-state index in [-0.39, 0.29) is 0 Å². The van der Waals surface area contributed by atoms with Crippen molar-refractivity contribution in [3.05, 3.63) is 0 Å². The Morgan fingerprint density at radius 3 is 0.968 bits per heavy atom. The predicted octanol–water partition coefficient (Wildman–Crippen LogP) is 11.3. The summed E-state index contributed by atoms with van der Waals surface area (Å²) in [5, 5.41) is 0. The van der Waals surface area contributed by atoms with Crippen LogP contribution in [0.25, 0.3) is 0 Å². The summed E-state index contributed by atoms with van der Waals surface area (Å²) in [7, 11) is 0. The molecule has 0 aromatic rings. The molecule has 2 aliphatic rings. The SMILES string of the molecule is CCCCCCCCCC[C@H]1CC[C@H]([C@H]2CC[C@H](CCCCCCCCC)CC2)CC1. The Hall–Kier alpha value is 0. The maximum absolute atomic E-state index is 2.32. The van der Waals surface area contributed by atoms with Gasteiger partial charge in [-0.3, -0.25) is 0 Å². The lowest BCUT2D eigenvalue weighted by molar-refractivity contribution is 0.139. The molecule has 0 aliphatic heterocycles. The average Bonchev–Trinajstić information content (AvgIpc) is 2.81. The smallest absolute Gasteiger partial charge is 0.0386 e. The fraction of sp³-hybridized carbons (Fsp3) is 1.00. The molecule has 0 unspecified atom stereocenters. The van der Waals surface area contributed by atoms with Crippen LogP contribution in [0.5, 0.6) is 0 Å². The van der Waals surface area contributed by atoms with E-state index in [1.807, 2.05) is 0 Å². The zero-order chi connectivity index (χ0) is 22.0. The minimum atomic E-state index is 1.09. The summed E-state index contributed by atoms with van der Waals surface area (Å²) in [6.45, 7) is 4.64. The largest absolute Gasteiger partial charge is 0.0654 e. The molecule has 31 heavy (non-hydrogen) atoms. The maximum Gasteiger partial charge on any atom is -0.0386 e. The van der Waals surface area contributed by atoms with Crippen molar-refractivity contribution in [2.24, 2.45) is 23.7 Å². The topological polar surface area (TPSA) is 0 Å². The van der Waals surface area contributed by atoms with Gasteiger partial charge in [-0.1, -0.05) is 149 Å². The summed E-state index contributed by atoms with van der Waals surface area (Å²) in [5.41, 5.74) is 0. The van der Waals surface area contributed by atoms with Crippen LogP contribution in [0, 0.1) is 23.7 Å². The maximum atomic E-state index is 2.32. The van der Waals surface area contributed by atoms with E-state index in [2.05, 4.69) is 13.8 Å². The average molecular weight is 433 g/mol. The monoisotopic (exact) mass is 432 g/mol. The molecule has 0 saturated heterocycles. The van der Waals surface area contributed by atoms with Gasteiger partial charge in [0, 0.05) is 0 Å². The van der Waals surface area contributed by atoms with Gasteiger partial charge in [-0.15, -0.1) is 0 Å². The van der Waals surface area contributed by atoms with Gasteiger partial charge in [-0.25, -0.2) is 0 Å². The van der Waals surface area contributed by atoms with Crippen LogP contribution in [0.1, 0.15) is 174 Å². The van der Waals surface area contributed by atoms with Crippen molar-refractivity contribution < 1.29 is 0 Å². The second-order valence-electron chi connectivity index (χ2n) is 11.7. The molecule has 2 rings (SSSR count). The van der Waals surface area contributed by atoms with Crippen LogP contribution in [0.15, 0.2) is 0 Å². The Kier molecular flexibility index (Phi) is 16.2. The Labute approximate surface area is 198 Å². The van der Waals surface area contributed by atoms with Crippen LogP contribution in [0.2, 0.25) is 0 Å². The normalized spacial score (nSPS) is 26.9. The minimum Gasteiger partial charge on any atom is -0.0654 e. The van der Waals surface area contributed by atoms with E-state index >= 15 is 0 Å². The highest BCUT2D eigenvalue weighted by molar-refractivity contribution is 4.82. The lowest BCUT2D eigenvalue weighted by Crippen LogP contribution is -2.25. The fourth-order valence-electron chi connectivity index (χ4n) is 6.85. The van der Waals surface area contributed by atoms with Crippen LogP contribution >= 0.6 is 0 Å². The van der Waals surface area contributed by atoms with E-state index in [0.29, 0.717) is 0 Å². The molecule has 0 aromatic carbocycles. The van der Waals surface area contributed by atoms with Crippen LogP contribution in [0.3, 0.4) is 0 Å². The lowest BCUT2D eigenvalue weighted by Gasteiger charge is -2.38. The molecule has 184 valence electrons. The number of rotatable bonds is 18. The molecule has 0 amide bonds.